The van der Waals surface area contributed by atoms with Crippen LogP contribution >= 0.6 is 0 Å². The molecule has 2 aromatic carbocycles. The van der Waals surface area contributed by atoms with Crippen molar-refractivity contribution in [2.24, 2.45) is 0 Å². The van der Waals surface area contributed by atoms with Crippen molar-refractivity contribution in [3.05, 3.63) is 48.5 Å². The van der Waals surface area contributed by atoms with E-state index in [1.54, 1.807) is 14.2 Å². The van der Waals surface area contributed by atoms with Gasteiger partial charge in [-0.05, 0) is 30.3 Å². The molecule has 0 radical (unpaired) electrons. The van der Waals surface area contributed by atoms with Gasteiger partial charge in [-0.25, -0.2) is 0 Å². The van der Waals surface area contributed by atoms with Crippen LogP contribution in [-0.4, -0.2) is 19.2 Å². The number of aromatic amines is 1. The average Bonchev–Trinajstić information content (AvgIpc) is 2.90. The molecule has 0 bridgehead atoms. The fourth-order valence-electron chi connectivity index (χ4n) is 2.18. The fraction of sp³-hybridized carbons (Fsp3) is 0.125. The molecule has 3 heteroatoms. The van der Waals surface area contributed by atoms with Gasteiger partial charge in [0.05, 0.1) is 14.2 Å². The Morgan fingerprint density at radius 1 is 0.842 bits per heavy atom. The highest BCUT2D eigenvalue weighted by molar-refractivity contribution is 5.87. The molecule has 3 rings (SSSR count). The van der Waals surface area contributed by atoms with E-state index in [0.29, 0.717) is 0 Å². The highest BCUT2D eigenvalue weighted by Gasteiger charge is 2.05. The molecule has 1 N–H and O–H groups in total. The van der Waals surface area contributed by atoms with Crippen LogP contribution in [0.2, 0.25) is 0 Å². The number of benzene rings is 2. The fourth-order valence-corrected chi connectivity index (χ4v) is 2.18. The van der Waals surface area contributed by atoms with Crippen LogP contribution in [0.5, 0.6) is 11.5 Å². The third-order valence-corrected chi connectivity index (χ3v) is 3.21. The highest BCUT2D eigenvalue weighted by atomic mass is 16.5. The van der Waals surface area contributed by atoms with E-state index in [-0.39, 0.29) is 0 Å². The molecular formula is C16H15NO2. The average molecular weight is 253 g/mol. The number of ether oxygens (including phenoxy) is 2. The van der Waals surface area contributed by atoms with E-state index >= 15 is 0 Å². The van der Waals surface area contributed by atoms with Gasteiger partial charge in [0.15, 0.2) is 0 Å². The summed E-state index contributed by atoms with van der Waals surface area (Å²) in [5.74, 6) is 1.71. The molecule has 0 atom stereocenters. The van der Waals surface area contributed by atoms with Crippen LogP contribution in [0.4, 0.5) is 0 Å². The van der Waals surface area contributed by atoms with Crippen LogP contribution in [0.3, 0.4) is 0 Å². The SMILES string of the molecule is COc1cccc(-c2cc3ccc(OC)cc3[nH]2)c1. The lowest BCUT2D eigenvalue weighted by Gasteiger charge is -2.02. The maximum atomic E-state index is 5.25. The number of methoxy groups -OCH3 is 2. The second-order valence-electron chi connectivity index (χ2n) is 4.37. The van der Waals surface area contributed by atoms with Crippen molar-refractivity contribution in [3.8, 4) is 22.8 Å². The van der Waals surface area contributed by atoms with Gasteiger partial charge in [-0.3, -0.25) is 0 Å². The summed E-state index contributed by atoms with van der Waals surface area (Å²) in [5, 5.41) is 1.17. The van der Waals surface area contributed by atoms with Gasteiger partial charge in [0.25, 0.3) is 0 Å². The van der Waals surface area contributed by atoms with Gasteiger partial charge in [-0.2, -0.15) is 0 Å². The molecule has 3 aromatic rings. The Labute approximate surface area is 111 Å². The minimum absolute atomic E-state index is 0.853. The molecule has 0 aliphatic heterocycles. The van der Waals surface area contributed by atoms with Gasteiger partial charge < -0.3 is 14.5 Å². The second kappa shape index (κ2) is 4.69. The molecule has 0 amide bonds. The number of hydrogen-bond acceptors (Lipinski definition) is 2. The second-order valence-corrected chi connectivity index (χ2v) is 4.37. The monoisotopic (exact) mass is 253 g/mol. The molecule has 1 heterocycles. The topological polar surface area (TPSA) is 34.2 Å². The molecule has 96 valence electrons. The van der Waals surface area contributed by atoms with Gasteiger partial charge in [0, 0.05) is 28.2 Å². The van der Waals surface area contributed by atoms with Gasteiger partial charge in [0.2, 0.25) is 0 Å². The molecule has 3 nitrogen and oxygen atoms in total. The quantitative estimate of drug-likeness (QED) is 0.769. The van der Waals surface area contributed by atoms with Crippen LogP contribution in [0.25, 0.3) is 22.2 Å². The first-order valence-electron chi connectivity index (χ1n) is 6.11. The summed E-state index contributed by atoms with van der Waals surface area (Å²) >= 11 is 0. The summed E-state index contributed by atoms with van der Waals surface area (Å²) in [5.41, 5.74) is 3.24. The van der Waals surface area contributed by atoms with Crippen LogP contribution in [0.15, 0.2) is 48.5 Å². The van der Waals surface area contributed by atoms with Gasteiger partial charge >= 0.3 is 0 Å². The lowest BCUT2D eigenvalue weighted by Crippen LogP contribution is -1.83. The van der Waals surface area contributed by atoms with E-state index < -0.39 is 0 Å². The molecule has 1 aromatic heterocycles. The van der Waals surface area contributed by atoms with Crippen molar-refractivity contribution in [1.82, 2.24) is 4.98 Å². The van der Waals surface area contributed by atoms with Crippen LogP contribution in [-0.2, 0) is 0 Å². The minimum Gasteiger partial charge on any atom is -0.497 e. The zero-order valence-corrected chi connectivity index (χ0v) is 10.9. The number of H-pyrrole nitrogens is 1. The van der Waals surface area contributed by atoms with Crippen molar-refractivity contribution in [2.45, 2.75) is 0 Å². The molecule has 0 aliphatic carbocycles. The van der Waals surface area contributed by atoms with E-state index in [4.69, 9.17) is 9.47 Å². The molecular weight excluding hydrogens is 238 g/mol. The zero-order chi connectivity index (χ0) is 13.2. The number of hydrogen-bond donors (Lipinski definition) is 1. The van der Waals surface area contributed by atoms with Crippen molar-refractivity contribution < 1.29 is 9.47 Å². The molecule has 0 aliphatic rings. The van der Waals surface area contributed by atoms with E-state index in [9.17, 15) is 0 Å². The number of fused-ring (bicyclic) bond motifs is 1. The molecule has 19 heavy (non-hydrogen) atoms. The smallest absolute Gasteiger partial charge is 0.120 e. The lowest BCUT2D eigenvalue weighted by atomic mass is 10.1. The van der Waals surface area contributed by atoms with Gasteiger partial charge in [0.1, 0.15) is 11.5 Å². The predicted molar refractivity (Wildman–Crippen MR) is 76.8 cm³/mol. The molecule has 0 spiro atoms. The Hall–Kier alpha value is -2.42. The van der Waals surface area contributed by atoms with Crippen molar-refractivity contribution >= 4 is 10.9 Å². The highest BCUT2D eigenvalue weighted by Crippen LogP contribution is 2.28. The maximum Gasteiger partial charge on any atom is 0.120 e. The van der Waals surface area contributed by atoms with E-state index in [1.807, 2.05) is 36.4 Å². The Morgan fingerprint density at radius 3 is 2.42 bits per heavy atom. The van der Waals surface area contributed by atoms with Crippen molar-refractivity contribution in [2.75, 3.05) is 14.2 Å². The van der Waals surface area contributed by atoms with E-state index in [0.717, 1.165) is 28.3 Å². The van der Waals surface area contributed by atoms with Crippen LogP contribution < -0.4 is 9.47 Å². The Balaban J connectivity index is 2.09. The maximum absolute atomic E-state index is 5.25. The summed E-state index contributed by atoms with van der Waals surface area (Å²) in [7, 11) is 3.35. The zero-order valence-electron chi connectivity index (χ0n) is 10.9. The van der Waals surface area contributed by atoms with Crippen molar-refractivity contribution in [3.63, 3.8) is 0 Å². The van der Waals surface area contributed by atoms with E-state index in [2.05, 4.69) is 17.1 Å². The lowest BCUT2D eigenvalue weighted by molar-refractivity contribution is 0.415. The first-order chi connectivity index (χ1) is 9.30. The third kappa shape index (κ3) is 2.15. The molecule has 0 unspecified atom stereocenters. The van der Waals surface area contributed by atoms with Crippen LogP contribution in [0.1, 0.15) is 0 Å². The summed E-state index contributed by atoms with van der Waals surface area (Å²) in [6.45, 7) is 0. The number of aromatic nitrogens is 1. The minimum atomic E-state index is 0.853. The van der Waals surface area contributed by atoms with Crippen molar-refractivity contribution in [1.29, 1.82) is 0 Å². The number of rotatable bonds is 3. The Morgan fingerprint density at radius 2 is 1.63 bits per heavy atom. The van der Waals surface area contributed by atoms with E-state index in [1.165, 1.54) is 5.39 Å². The largest absolute Gasteiger partial charge is 0.497 e. The Bertz CT molecular complexity index is 716. The van der Waals surface area contributed by atoms with Crippen LogP contribution in [0, 0.1) is 0 Å². The molecule has 0 saturated heterocycles. The number of nitrogens with one attached hydrogen (secondary N) is 1. The standard InChI is InChI=1S/C16H15NO2/c1-18-13-5-3-4-11(8-13)15-9-12-6-7-14(19-2)10-16(12)17-15/h3-10,17H,1-2H3. The summed E-state index contributed by atoms with van der Waals surface area (Å²) in [6.07, 6.45) is 0. The predicted octanol–water partition coefficient (Wildman–Crippen LogP) is 3.85. The third-order valence-electron chi connectivity index (χ3n) is 3.21. The summed E-state index contributed by atoms with van der Waals surface area (Å²) in [6, 6.07) is 16.1. The van der Waals surface area contributed by atoms with Gasteiger partial charge in [-0.1, -0.05) is 12.1 Å². The first-order valence-corrected chi connectivity index (χ1v) is 6.11. The van der Waals surface area contributed by atoms with Gasteiger partial charge in [-0.15, -0.1) is 0 Å². The summed E-state index contributed by atoms with van der Waals surface area (Å²) < 4.78 is 10.5. The molecule has 0 saturated carbocycles. The summed E-state index contributed by atoms with van der Waals surface area (Å²) in [4.78, 5) is 3.40. The first kappa shape index (κ1) is 11.7. The Kier molecular flexibility index (Phi) is 2.88. The normalized spacial score (nSPS) is 10.6. The molecule has 0 fully saturated rings.